The number of hydrogen-bond acceptors (Lipinski definition) is 5. The molecule has 0 fully saturated rings. The van der Waals surface area contributed by atoms with Gasteiger partial charge in [-0.1, -0.05) is 11.6 Å². The van der Waals surface area contributed by atoms with Crippen LogP contribution in [0.3, 0.4) is 0 Å². The molecule has 27 heavy (non-hydrogen) atoms. The van der Waals surface area contributed by atoms with Gasteiger partial charge in [0.1, 0.15) is 17.0 Å². The third-order valence-corrected chi connectivity index (χ3v) is 6.50. The number of halogens is 2. The molecule has 4 rings (SSSR count). The number of carbonyl (C=O) groups excluding carboxylic acids is 1. The summed E-state index contributed by atoms with van der Waals surface area (Å²) in [6, 6.07) is 11.7. The van der Waals surface area contributed by atoms with Gasteiger partial charge < -0.3 is 9.88 Å². The number of fused-ring (bicyclic) bond motifs is 1. The molecule has 0 saturated carbocycles. The monoisotopic (exact) mass is 418 g/mol. The Kier molecular flexibility index (Phi) is 4.86. The molecule has 2 aromatic carbocycles. The summed E-state index contributed by atoms with van der Waals surface area (Å²) in [4.78, 5) is 13.9. The van der Waals surface area contributed by atoms with Crippen molar-refractivity contribution in [2.24, 2.45) is 7.05 Å². The van der Waals surface area contributed by atoms with E-state index < -0.39 is 0 Å². The standard InChI is InChI=1S/C18H12ClFN4OS2/c1-24-9-21-23-18(24)26-12-5-3-11(4-6-12)22-17(25)16-15(19)13-7-2-10(20)8-14(13)27-16/h2-9H,1H3,(H,22,25). The molecule has 0 saturated heterocycles. The molecule has 0 aliphatic carbocycles. The molecular weight excluding hydrogens is 407 g/mol. The third kappa shape index (κ3) is 3.69. The summed E-state index contributed by atoms with van der Waals surface area (Å²) in [5.41, 5.74) is 0.641. The molecule has 0 atom stereocenters. The quantitative estimate of drug-likeness (QED) is 0.493. The summed E-state index contributed by atoms with van der Waals surface area (Å²) in [7, 11) is 1.87. The highest BCUT2D eigenvalue weighted by molar-refractivity contribution is 7.99. The lowest BCUT2D eigenvalue weighted by molar-refractivity contribution is 0.103. The smallest absolute Gasteiger partial charge is 0.267 e. The number of aromatic nitrogens is 3. The van der Waals surface area contributed by atoms with E-state index >= 15 is 0 Å². The van der Waals surface area contributed by atoms with Crippen LogP contribution in [-0.2, 0) is 7.05 Å². The maximum atomic E-state index is 13.4. The number of anilines is 1. The van der Waals surface area contributed by atoms with Gasteiger partial charge in [0.15, 0.2) is 5.16 Å². The van der Waals surface area contributed by atoms with Crippen molar-refractivity contribution in [3.8, 4) is 0 Å². The Morgan fingerprint density at radius 1 is 1.26 bits per heavy atom. The van der Waals surface area contributed by atoms with Crippen LogP contribution in [0, 0.1) is 5.82 Å². The summed E-state index contributed by atoms with van der Waals surface area (Å²) >= 11 is 8.94. The Hall–Kier alpha value is -2.42. The fraction of sp³-hybridized carbons (Fsp3) is 0.0556. The minimum absolute atomic E-state index is 0.324. The van der Waals surface area contributed by atoms with Crippen LogP contribution in [0.4, 0.5) is 10.1 Å². The zero-order valence-corrected chi connectivity index (χ0v) is 16.3. The zero-order chi connectivity index (χ0) is 19.0. The lowest BCUT2D eigenvalue weighted by atomic mass is 10.2. The highest BCUT2D eigenvalue weighted by Crippen LogP contribution is 2.36. The number of amides is 1. The second-order valence-corrected chi connectivity index (χ2v) is 8.16. The van der Waals surface area contributed by atoms with Gasteiger partial charge in [0.2, 0.25) is 0 Å². The van der Waals surface area contributed by atoms with E-state index in [2.05, 4.69) is 15.5 Å². The molecule has 1 amide bonds. The van der Waals surface area contributed by atoms with Gasteiger partial charge in [0, 0.05) is 27.7 Å². The normalized spacial score (nSPS) is 11.1. The Morgan fingerprint density at radius 3 is 2.74 bits per heavy atom. The van der Waals surface area contributed by atoms with Crippen LogP contribution in [0.25, 0.3) is 10.1 Å². The number of hydrogen-bond donors (Lipinski definition) is 1. The van der Waals surface area contributed by atoms with E-state index in [1.165, 1.54) is 35.2 Å². The van der Waals surface area contributed by atoms with Crippen molar-refractivity contribution in [2.75, 3.05) is 5.32 Å². The van der Waals surface area contributed by atoms with Crippen molar-refractivity contribution >= 4 is 56.4 Å². The van der Waals surface area contributed by atoms with Crippen LogP contribution in [0.1, 0.15) is 9.67 Å². The second kappa shape index (κ2) is 7.30. The van der Waals surface area contributed by atoms with Gasteiger partial charge in [-0.2, -0.15) is 0 Å². The first-order chi connectivity index (χ1) is 13.0. The molecule has 1 N–H and O–H groups in total. The first kappa shape index (κ1) is 18.0. The van der Waals surface area contributed by atoms with Crippen LogP contribution in [0.15, 0.2) is 58.8 Å². The molecular formula is C18H12ClFN4OS2. The topological polar surface area (TPSA) is 59.8 Å². The number of nitrogens with zero attached hydrogens (tertiary/aromatic N) is 3. The van der Waals surface area contributed by atoms with Crippen LogP contribution in [0.5, 0.6) is 0 Å². The first-order valence-electron chi connectivity index (χ1n) is 7.82. The summed E-state index contributed by atoms with van der Waals surface area (Å²) in [6.45, 7) is 0. The predicted molar refractivity (Wildman–Crippen MR) is 106 cm³/mol. The van der Waals surface area contributed by atoms with E-state index in [0.717, 1.165) is 10.1 Å². The Labute approximate surface area is 167 Å². The molecule has 136 valence electrons. The summed E-state index contributed by atoms with van der Waals surface area (Å²) in [6.07, 6.45) is 1.64. The second-order valence-electron chi connectivity index (χ2n) is 5.69. The molecule has 0 spiro atoms. The van der Waals surface area contributed by atoms with Gasteiger partial charge in [-0.15, -0.1) is 21.5 Å². The molecule has 2 heterocycles. The maximum Gasteiger partial charge on any atom is 0.267 e. The molecule has 0 bridgehead atoms. The molecule has 0 unspecified atom stereocenters. The van der Waals surface area contributed by atoms with Gasteiger partial charge in [0.05, 0.1) is 5.02 Å². The summed E-state index contributed by atoms with van der Waals surface area (Å²) in [5, 5.41) is 12.5. The van der Waals surface area contributed by atoms with Crippen molar-refractivity contribution < 1.29 is 9.18 Å². The Balaban J connectivity index is 1.51. The number of nitrogens with one attached hydrogen (secondary N) is 1. The van der Waals surface area contributed by atoms with Crippen LogP contribution >= 0.6 is 34.7 Å². The Bertz CT molecular complexity index is 1140. The summed E-state index contributed by atoms with van der Waals surface area (Å²) < 4.78 is 15.8. The predicted octanol–water partition coefficient (Wildman–Crippen LogP) is 5.23. The largest absolute Gasteiger partial charge is 0.321 e. The molecule has 4 aromatic rings. The lowest BCUT2D eigenvalue weighted by Gasteiger charge is -2.05. The highest BCUT2D eigenvalue weighted by Gasteiger charge is 2.17. The van der Waals surface area contributed by atoms with E-state index in [9.17, 15) is 9.18 Å². The molecule has 0 aliphatic heterocycles. The maximum absolute atomic E-state index is 13.4. The average Bonchev–Trinajstić information content (AvgIpc) is 3.20. The number of carbonyl (C=O) groups is 1. The van der Waals surface area contributed by atoms with Crippen LogP contribution in [-0.4, -0.2) is 20.7 Å². The lowest BCUT2D eigenvalue weighted by Crippen LogP contribution is -2.10. The van der Waals surface area contributed by atoms with Gasteiger partial charge >= 0.3 is 0 Å². The molecule has 9 heteroatoms. The average molecular weight is 419 g/mol. The van der Waals surface area contributed by atoms with E-state index in [-0.39, 0.29) is 11.7 Å². The Morgan fingerprint density at radius 2 is 2.04 bits per heavy atom. The minimum Gasteiger partial charge on any atom is -0.321 e. The highest BCUT2D eigenvalue weighted by atomic mass is 35.5. The van der Waals surface area contributed by atoms with E-state index in [1.807, 2.05) is 23.7 Å². The van der Waals surface area contributed by atoms with Crippen LogP contribution in [0.2, 0.25) is 5.02 Å². The fourth-order valence-corrected chi connectivity index (χ4v) is 4.65. The van der Waals surface area contributed by atoms with Crippen molar-refractivity contribution in [3.63, 3.8) is 0 Å². The van der Waals surface area contributed by atoms with E-state index in [0.29, 0.717) is 25.7 Å². The SMILES string of the molecule is Cn1cnnc1Sc1ccc(NC(=O)c2sc3cc(F)ccc3c2Cl)cc1. The molecule has 5 nitrogen and oxygen atoms in total. The van der Waals surface area contributed by atoms with Gasteiger partial charge in [-0.05, 0) is 54.2 Å². The molecule has 0 radical (unpaired) electrons. The van der Waals surface area contributed by atoms with Gasteiger partial charge in [-0.3, -0.25) is 4.79 Å². The number of rotatable bonds is 4. The number of thiophene rings is 1. The number of benzene rings is 2. The van der Waals surface area contributed by atoms with E-state index in [4.69, 9.17) is 11.6 Å². The van der Waals surface area contributed by atoms with Crippen LogP contribution < -0.4 is 5.32 Å². The number of aryl methyl sites for hydroxylation is 1. The first-order valence-corrected chi connectivity index (χ1v) is 9.83. The van der Waals surface area contributed by atoms with Crippen molar-refractivity contribution in [1.82, 2.24) is 14.8 Å². The fourth-order valence-electron chi connectivity index (χ4n) is 2.45. The van der Waals surface area contributed by atoms with Crippen molar-refractivity contribution in [2.45, 2.75) is 10.1 Å². The van der Waals surface area contributed by atoms with E-state index in [1.54, 1.807) is 24.5 Å². The van der Waals surface area contributed by atoms with Crippen molar-refractivity contribution in [1.29, 1.82) is 0 Å². The third-order valence-electron chi connectivity index (χ3n) is 3.79. The zero-order valence-electron chi connectivity index (χ0n) is 13.9. The van der Waals surface area contributed by atoms with Crippen molar-refractivity contribution in [3.05, 3.63) is 64.5 Å². The van der Waals surface area contributed by atoms with Gasteiger partial charge in [-0.25, -0.2) is 4.39 Å². The minimum atomic E-state index is -0.358. The summed E-state index contributed by atoms with van der Waals surface area (Å²) in [5.74, 6) is -0.682. The molecule has 2 aromatic heterocycles. The molecule has 0 aliphatic rings. The van der Waals surface area contributed by atoms with Gasteiger partial charge in [0.25, 0.3) is 5.91 Å².